The molecule has 1 aliphatic heterocycles. The molecule has 2 aromatic carbocycles. The molecule has 0 atom stereocenters. The Bertz CT molecular complexity index is 1550. The first-order chi connectivity index (χ1) is 18.0. The molecule has 0 aliphatic carbocycles. The Morgan fingerprint density at radius 2 is 1.66 bits per heavy atom. The van der Waals surface area contributed by atoms with Gasteiger partial charge in [-0.05, 0) is 75.4 Å². The van der Waals surface area contributed by atoms with Crippen LogP contribution in [0.5, 0.6) is 0 Å². The van der Waals surface area contributed by atoms with Gasteiger partial charge in [0.05, 0.1) is 22.3 Å². The zero-order valence-corrected chi connectivity index (χ0v) is 22.0. The van der Waals surface area contributed by atoms with Crippen LogP contribution in [0.15, 0.2) is 76.4 Å². The highest BCUT2D eigenvalue weighted by atomic mass is 35.5. The molecule has 38 heavy (non-hydrogen) atoms. The van der Waals surface area contributed by atoms with Crippen LogP contribution in [0.4, 0.5) is 17.3 Å². The second-order valence-corrected chi connectivity index (χ2v) is 10.5. The maximum Gasteiger partial charge on any atom is 0.338 e. The highest BCUT2D eigenvalue weighted by Gasteiger charge is 2.39. The van der Waals surface area contributed by atoms with E-state index in [1.165, 1.54) is 54.7 Å². The third kappa shape index (κ3) is 5.66. The minimum atomic E-state index is -3.97. The van der Waals surface area contributed by atoms with E-state index in [0.717, 1.165) is 4.90 Å². The summed E-state index contributed by atoms with van der Waals surface area (Å²) in [4.78, 5) is 46.5. The molecule has 1 aliphatic rings. The number of carbonyl (C=O) groups is 3. The van der Waals surface area contributed by atoms with Crippen LogP contribution in [-0.2, 0) is 24.3 Å². The van der Waals surface area contributed by atoms with Crippen molar-refractivity contribution in [3.05, 3.63) is 82.8 Å². The summed E-state index contributed by atoms with van der Waals surface area (Å²) in [6, 6.07) is 12.8. The van der Waals surface area contributed by atoms with Gasteiger partial charge in [-0.3, -0.25) is 9.59 Å². The fourth-order valence-corrected chi connectivity index (χ4v) is 4.58. The Hall–Kier alpha value is -4.29. The second kappa shape index (κ2) is 10.6. The number of amides is 2. The van der Waals surface area contributed by atoms with Gasteiger partial charge < -0.3 is 10.1 Å². The van der Waals surface area contributed by atoms with Gasteiger partial charge >= 0.3 is 5.97 Å². The Balaban J connectivity index is 1.48. The van der Waals surface area contributed by atoms with Crippen molar-refractivity contribution in [1.29, 1.82) is 0 Å². The third-order valence-electron chi connectivity index (χ3n) is 5.19. The van der Waals surface area contributed by atoms with Gasteiger partial charge in [-0.1, -0.05) is 11.6 Å². The van der Waals surface area contributed by atoms with Crippen molar-refractivity contribution in [3.8, 4) is 0 Å². The molecule has 0 saturated carbocycles. The lowest BCUT2D eigenvalue weighted by Gasteiger charge is -2.16. The molecule has 2 heterocycles. The van der Waals surface area contributed by atoms with Crippen molar-refractivity contribution in [3.63, 3.8) is 0 Å². The highest BCUT2D eigenvalue weighted by Crippen LogP contribution is 2.30. The molecule has 1 aromatic heterocycles. The van der Waals surface area contributed by atoms with Crippen LogP contribution in [0, 0.1) is 6.92 Å². The van der Waals surface area contributed by atoms with Crippen LogP contribution < -0.4 is 14.9 Å². The molecule has 2 N–H and O–H groups in total. The molecule has 0 fully saturated rings. The van der Waals surface area contributed by atoms with E-state index in [9.17, 15) is 22.8 Å². The van der Waals surface area contributed by atoms with Crippen LogP contribution in [0.2, 0.25) is 0 Å². The van der Waals surface area contributed by atoms with Gasteiger partial charge in [0, 0.05) is 17.6 Å². The van der Waals surface area contributed by atoms with E-state index in [0.29, 0.717) is 11.4 Å². The number of sulfonamides is 1. The quantitative estimate of drug-likeness (QED) is 0.314. The largest absolute Gasteiger partial charge is 0.459 e. The molecule has 196 valence electrons. The molecule has 0 saturated heterocycles. The third-order valence-corrected chi connectivity index (χ3v) is 6.88. The van der Waals surface area contributed by atoms with E-state index in [1.807, 2.05) is 0 Å². The average Bonchev–Trinajstić information content (AvgIpc) is 3.07. The van der Waals surface area contributed by atoms with Crippen molar-refractivity contribution < 1.29 is 27.5 Å². The van der Waals surface area contributed by atoms with E-state index in [2.05, 4.69) is 20.0 Å². The number of imide groups is 1. The van der Waals surface area contributed by atoms with Crippen molar-refractivity contribution in [2.24, 2.45) is 0 Å². The molecular formula is C25H22ClN5O6S. The van der Waals surface area contributed by atoms with Crippen LogP contribution in [0.25, 0.3) is 0 Å². The van der Waals surface area contributed by atoms with Crippen molar-refractivity contribution in [1.82, 2.24) is 9.97 Å². The number of halogens is 1. The first kappa shape index (κ1) is 26.8. The van der Waals surface area contributed by atoms with E-state index < -0.39 is 27.8 Å². The molecule has 2 amide bonds. The number of hydrogen-bond donors (Lipinski definition) is 2. The lowest BCUT2D eigenvalue weighted by atomic mass is 10.2. The van der Waals surface area contributed by atoms with Gasteiger partial charge in [-0.2, -0.15) is 0 Å². The first-order valence-electron chi connectivity index (χ1n) is 11.3. The van der Waals surface area contributed by atoms with Crippen LogP contribution >= 0.6 is 11.6 Å². The summed E-state index contributed by atoms with van der Waals surface area (Å²) in [5.41, 5.74) is 1.21. The molecule has 0 spiro atoms. The molecule has 4 rings (SSSR count). The molecule has 11 nitrogen and oxygen atoms in total. The zero-order chi connectivity index (χ0) is 27.6. The van der Waals surface area contributed by atoms with Gasteiger partial charge in [0.25, 0.3) is 21.8 Å². The smallest absolute Gasteiger partial charge is 0.338 e. The summed E-state index contributed by atoms with van der Waals surface area (Å²) < 4.78 is 32.7. The topological polar surface area (TPSA) is 148 Å². The molecule has 0 unspecified atom stereocenters. The fourth-order valence-electron chi connectivity index (χ4n) is 3.41. The number of nitrogens with one attached hydrogen (secondary N) is 2. The van der Waals surface area contributed by atoms with Gasteiger partial charge in [-0.15, -0.1) is 0 Å². The normalized spacial score (nSPS) is 13.8. The number of esters is 1. The van der Waals surface area contributed by atoms with Crippen LogP contribution in [0.3, 0.4) is 0 Å². The van der Waals surface area contributed by atoms with E-state index in [-0.39, 0.29) is 38.9 Å². The summed E-state index contributed by atoms with van der Waals surface area (Å²) in [5.74, 6) is -2.06. The maximum atomic E-state index is 13.0. The number of rotatable bonds is 8. The van der Waals surface area contributed by atoms with E-state index in [1.54, 1.807) is 26.8 Å². The summed E-state index contributed by atoms with van der Waals surface area (Å²) >= 11 is 6.18. The van der Waals surface area contributed by atoms with Crippen LogP contribution in [-0.4, -0.2) is 42.3 Å². The predicted octanol–water partition coefficient (Wildman–Crippen LogP) is 3.59. The van der Waals surface area contributed by atoms with Crippen molar-refractivity contribution in [2.75, 3.05) is 14.9 Å². The number of aromatic nitrogens is 2. The SMILES string of the molecule is Cc1ccnc(NS(=O)(=O)c2ccc(NC3=C(Cl)C(=O)N(c4ccc(C(=O)OC(C)C)cc4)C3=O)cc2)n1. The Labute approximate surface area is 223 Å². The number of anilines is 3. The second-order valence-electron chi connectivity index (χ2n) is 8.41. The summed E-state index contributed by atoms with van der Waals surface area (Å²) in [6.45, 7) is 5.15. The summed E-state index contributed by atoms with van der Waals surface area (Å²) in [6.07, 6.45) is 1.14. The minimum Gasteiger partial charge on any atom is -0.459 e. The molecule has 0 bridgehead atoms. The molecule has 0 radical (unpaired) electrons. The standard InChI is InChI=1S/C25H22ClN5O6S/c1-14(2)37-24(34)16-4-8-18(9-5-16)31-22(32)20(26)21(23(31)33)29-17-6-10-19(11-7-17)38(35,36)30-25-27-13-12-15(3)28-25/h4-14,29H,1-3H3,(H,27,28,30). The number of nitrogens with zero attached hydrogens (tertiary/aromatic N) is 3. The Kier molecular flexibility index (Phi) is 7.46. The lowest BCUT2D eigenvalue weighted by Crippen LogP contribution is -2.32. The molecular weight excluding hydrogens is 534 g/mol. The van der Waals surface area contributed by atoms with Crippen molar-refractivity contribution >= 4 is 56.7 Å². The van der Waals surface area contributed by atoms with Gasteiger partial charge in [0.2, 0.25) is 5.95 Å². The van der Waals surface area contributed by atoms with Gasteiger partial charge in [0.15, 0.2) is 0 Å². The first-order valence-corrected chi connectivity index (χ1v) is 13.1. The number of benzene rings is 2. The zero-order valence-electron chi connectivity index (χ0n) is 20.4. The number of carbonyl (C=O) groups excluding carboxylic acids is 3. The monoisotopic (exact) mass is 555 g/mol. The number of hydrogen-bond acceptors (Lipinski definition) is 9. The number of aryl methyl sites for hydroxylation is 1. The Morgan fingerprint density at radius 1 is 1.00 bits per heavy atom. The van der Waals surface area contributed by atoms with Crippen LogP contribution in [0.1, 0.15) is 29.9 Å². The lowest BCUT2D eigenvalue weighted by molar-refractivity contribution is -0.120. The highest BCUT2D eigenvalue weighted by molar-refractivity contribution is 7.92. The molecule has 13 heteroatoms. The number of ether oxygens (including phenoxy) is 1. The van der Waals surface area contributed by atoms with Crippen molar-refractivity contribution in [2.45, 2.75) is 31.8 Å². The van der Waals surface area contributed by atoms with Gasteiger partial charge in [-0.25, -0.2) is 32.8 Å². The average molecular weight is 556 g/mol. The fraction of sp³-hybridized carbons (Fsp3) is 0.160. The molecule has 3 aromatic rings. The van der Waals surface area contributed by atoms with Gasteiger partial charge in [0.1, 0.15) is 10.7 Å². The predicted molar refractivity (Wildman–Crippen MR) is 140 cm³/mol. The maximum absolute atomic E-state index is 13.0. The minimum absolute atomic E-state index is 0.0656. The van der Waals surface area contributed by atoms with E-state index in [4.69, 9.17) is 16.3 Å². The summed E-state index contributed by atoms with van der Waals surface area (Å²) in [7, 11) is -3.97. The Morgan fingerprint density at radius 3 is 2.26 bits per heavy atom. The summed E-state index contributed by atoms with van der Waals surface area (Å²) in [5, 5.41) is 2.44. The van der Waals surface area contributed by atoms with E-state index >= 15 is 0 Å².